The summed E-state index contributed by atoms with van der Waals surface area (Å²) in [5, 5.41) is 18.4. The minimum absolute atomic E-state index is 0.150. The van der Waals surface area contributed by atoms with Gasteiger partial charge in [-0.15, -0.1) is 0 Å². The Morgan fingerprint density at radius 3 is 2.30 bits per heavy atom. The van der Waals surface area contributed by atoms with Crippen LogP contribution in [-0.4, -0.2) is 29.5 Å². The zero-order valence-corrected chi connectivity index (χ0v) is 12.3. The van der Waals surface area contributed by atoms with Crippen LogP contribution in [0.3, 0.4) is 0 Å². The quantitative estimate of drug-likeness (QED) is 0.853. The van der Waals surface area contributed by atoms with Gasteiger partial charge in [-0.25, -0.2) is 0 Å². The molecule has 0 spiro atoms. The third-order valence-electron chi connectivity index (χ3n) is 3.70. The summed E-state index contributed by atoms with van der Waals surface area (Å²) in [5.41, 5.74) is 0.220. The molecular formula is C18H13NO4. The number of benzene rings is 2. The van der Waals surface area contributed by atoms with Gasteiger partial charge < -0.3 is 9.84 Å². The molecule has 2 aromatic carbocycles. The smallest absolute Gasteiger partial charge is 0.228 e. The van der Waals surface area contributed by atoms with E-state index in [2.05, 4.69) is 0 Å². The Labute approximate surface area is 132 Å². The molecule has 0 aliphatic heterocycles. The molecular weight excluding hydrogens is 294 g/mol. The van der Waals surface area contributed by atoms with E-state index >= 15 is 0 Å². The minimum Gasteiger partial charge on any atom is -0.504 e. The molecule has 0 fully saturated rings. The zero-order chi connectivity index (χ0) is 16.6. The standard InChI is InChI=1S/C18H13NO4/c1-23-11-6-4-5-10(9-11)15(19)14-16(20)12-7-2-3-8-13(12)17(21)18(14)22/h2-9,19,22H,1H3. The maximum absolute atomic E-state index is 12.6. The topological polar surface area (TPSA) is 87.4 Å². The van der Waals surface area contributed by atoms with Crippen molar-refractivity contribution in [3.63, 3.8) is 0 Å². The second-order valence-corrected chi connectivity index (χ2v) is 5.03. The van der Waals surface area contributed by atoms with Crippen LogP contribution in [0.1, 0.15) is 26.3 Å². The highest BCUT2D eigenvalue weighted by atomic mass is 16.5. The summed E-state index contributed by atoms with van der Waals surface area (Å²) >= 11 is 0. The fourth-order valence-electron chi connectivity index (χ4n) is 2.52. The summed E-state index contributed by atoms with van der Waals surface area (Å²) in [6.07, 6.45) is 0. The first-order chi connectivity index (χ1) is 11.0. The number of methoxy groups -OCH3 is 1. The third kappa shape index (κ3) is 2.32. The predicted octanol–water partition coefficient (Wildman–Crippen LogP) is 2.95. The third-order valence-corrected chi connectivity index (χ3v) is 3.70. The summed E-state index contributed by atoms with van der Waals surface area (Å²) in [6.45, 7) is 0. The van der Waals surface area contributed by atoms with Crippen molar-refractivity contribution in [1.82, 2.24) is 0 Å². The summed E-state index contributed by atoms with van der Waals surface area (Å²) in [6, 6.07) is 12.8. The lowest BCUT2D eigenvalue weighted by molar-refractivity contribution is 0.0934. The van der Waals surface area contributed by atoms with E-state index in [1.165, 1.54) is 19.2 Å². The Morgan fingerprint density at radius 1 is 1.00 bits per heavy atom. The molecule has 3 rings (SSSR count). The van der Waals surface area contributed by atoms with Crippen LogP contribution in [0.2, 0.25) is 0 Å². The zero-order valence-electron chi connectivity index (χ0n) is 12.3. The first kappa shape index (κ1) is 14.7. The van der Waals surface area contributed by atoms with E-state index in [9.17, 15) is 14.7 Å². The van der Waals surface area contributed by atoms with Crippen molar-refractivity contribution in [3.05, 3.63) is 76.6 Å². The fourth-order valence-corrected chi connectivity index (χ4v) is 2.52. The van der Waals surface area contributed by atoms with E-state index in [0.717, 1.165) is 0 Å². The molecule has 0 aromatic heterocycles. The number of aliphatic hydroxyl groups is 1. The maximum Gasteiger partial charge on any atom is 0.228 e. The number of ketones is 2. The Morgan fingerprint density at radius 2 is 1.65 bits per heavy atom. The highest BCUT2D eigenvalue weighted by Crippen LogP contribution is 2.28. The predicted molar refractivity (Wildman–Crippen MR) is 84.6 cm³/mol. The first-order valence-electron chi connectivity index (χ1n) is 6.89. The number of Topliss-reactive ketones (excluding diaryl/α,β-unsaturated/α-hetero) is 2. The van der Waals surface area contributed by atoms with Crippen molar-refractivity contribution in [2.45, 2.75) is 0 Å². The van der Waals surface area contributed by atoms with Gasteiger partial charge in [0.25, 0.3) is 0 Å². The van der Waals surface area contributed by atoms with E-state index in [-0.39, 0.29) is 22.4 Å². The molecule has 0 saturated carbocycles. The SMILES string of the molecule is COc1cccc(C(=N)C2=C(O)C(=O)c3ccccc3C2=O)c1. The van der Waals surface area contributed by atoms with Crippen molar-refractivity contribution in [3.8, 4) is 5.75 Å². The summed E-state index contributed by atoms with van der Waals surface area (Å²) in [5.74, 6) is -1.36. The van der Waals surface area contributed by atoms with Crippen LogP contribution in [0.5, 0.6) is 5.75 Å². The van der Waals surface area contributed by atoms with Crippen LogP contribution in [-0.2, 0) is 0 Å². The summed E-state index contributed by atoms with van der Waals surface area (Å²) < 4.78 is 5.10. The number of rotatable bonds is 3. The molecule has 5 heteroatoms. The molecule has 0 radical (unpaired) electrons. The number of nitrogens with one attached hydrogen (secondary N) is 1. The van der Waals surface area contributed by atoms with E-state index in [4.69, 9.17) is 10.1 Å². The number of hydrogen-bond donors (Lipinski definition) is 2. The highest BCUT2D eigenvalue weighted by molar-refractivity contribution is 6.39. The first-order valence-corrected chi connectivity index (χ1v) is 6.89. The van der Waals surface area contributed by atoms with Crippen LogP contribution in [0.4, 0.5) is 0 Å². The molecule has 2 N–H and O–H groups in total. The molecule has 0 amide bonds. The lowest BCUT2D eigenvalue weighted by atomic mass is 9.84. The molecule has 0 saturated heterocycles. The average molecular weight is 307 g/mol. The number of allylic oxidation sites excluding steroid dienone is 2. The van der Waals surface area contributed by atoms with Gasteiger partial charge in [0, 0.05) is 16.7 Å². The van der Waals surface area contributed by atoms with Crippen molar-refractivity contribution < 1.29 is 19.4 Å². The van der Waals surface area contributed by atoms with Crippen LogP contribution in [0, 0.1) is 5.41 Å². The van der Waals surface area contributed by atoms with Gasteiger partial charge in [-0.2, -0.15) is 0 Å². The van der Waals surface area contributed by atoms with E-state index < -0.39 is 17.3 Å². The molecule has 0 atom stereocenters. The Kier molecular flexibility index (Phi) is 3.54. The second-order valence-electron chi connectivity index (χ2n) is 5.03. The minimum atomic E-state index is -0.693. The van der Waals surface area contributed by atoms with E-state index in [0.29, 0.717) is 11.3 Å². The van der Waals surface area contributed by atoms with Gasteiger partial charge >= 0.3 is 0 Å². The van der Waals surface area contributed by atoms with Gasteiger partial charge in [0.05, 0.1) is 18.4 Å². The summed E-state index contributed by atoms with van der Waals surface area (Å²) in [7, 11) is 1.49. The van der Waals surface area contributed by atoms with Crippen molar-refractivity contribution >= 4 is 17.3 Å². The van der Waals surface area contributed by atoms with Gasteiger partial charge in [0.2, 0.25) is 5.78 Å². The molecule has 2 aromatic rings. The molecule has 114 valence electrons. The molecule has 0 bridgehead atoms. The molecule has 23 heavy (non-hydrogen) atoms. The normalized spacial score (nSPS) is 13.8. The van der Waals surface area contributed by atoms with Gasteiger partial charge in [-0.3, -0.25) is 15.0 Å². The number of carbonyl (C=O) groups is 2. The van der Waals surface area contributed by atoms with Crippen LogP contribution >= 0.6 is 0 Å². The Bertz CT molecular complexity index is 880. The fraction of sp³-hybridized carbons (Fsp3) is 0.0556. The van der Waals surface area contributed by atoms with Crippen LogP contribution in [0.15, 0.2) is 59.9 Å². The molecule has 0 heterocycles. The van der Waals surface area contributed by atoms with Gasteiger partial charge in [0.15, 0.2) is 11.5 Å². The van der Waals surface area contributed by atoms with Crippen molar-refractivity contribution in [2.24, 2.45) is 0 Å². The monoisotopic (exact) mass is 307 g/mol. The number of ether oxygens (including phenoxy) is 1. The average Bonchev–Trinajstić information content (AvgIpc) is 2.60. The lowest BCUT2D eigenvalue weighted by Gasteiger charge is -2.18. The van der Waals surface area contributed by atoms with E-state index in [1.54, 1.807) is 36.4 Å². The van der Waals surface area contributed by atoms with Crippen LogP contribution < -0.4 is 4.74 Å². The van der Waals surface area contributed by atoms with E-state index in [1.807, 2.05) is 0 Å². The largest absolute Gasteiger partial charge is 0.504 e. The second kappa shape index (κ2) is 5.53. The summed E-state index contributed by atoms with van der Waals surface area (Å²) in [4.78, 5) is 24.8. The van der Waals surface area contributed by atoms with Gasteiger partial charge in [-0.1, -0.05) is 36.4 Å². The molecule has 5 nitrogen and oxygen atoms in total. The number of hydrogen-bond acceptors (Lipinski definition) is 5. The van der Waals surface area contributed by atoms with Crippen molar-refractivity contribution in [1.29, 1.82) is 5.41 Å². The van der Waals surface area contributed by atoms with Crippen molar-refractivity contribution in [2.75, 3.05) is 7.11 Å². The number of aliphatic hydroxyl groups excluding tert-OH is 1. The molecule has 1 aliphatic rings. The van der Waals surface area contributed by atoms with Gasteiger partial charge in [0.1, 0.15) is 5.75 Å². The highest BCUT2D eigenvalue weighted by Gasteiger charge is 2.34. The number of fused-ring (bicyclic) bond motifs is 1. The molecule has 1 aliphatic carbocycles. The Hall–Kier alpha value is -3.21. The maximum atomic E-state index is 12.6. The lowest BCUT2D eigenvalue weighted by Crippen LogP contribution is -2.26. The molecule has 0 unspecified atom stereocenters. The van der Waals surface area contributed by atoms with Crippen LogP contribution in [0.25, 0.3) is 0 Å². The number of carbonyl (C=O) groups excluding carboxylic acids is 2. The Balaban J connectivity index is 2.12. The van der Waals surface area contributed by atoms with Gasteiger partial charge in [-0.05, 0) is 12.1 Å².